The molecule has 0 radical (unpaired) electrons. The number of amides is 1. The maximum atomic E-state index is 12.4. The molecule has 0 aliphatic heterocycles. The number of hydrogen-bond acceptors (Lipinski definition) is 4. The van der Waals surface area contributed by atoms with Crippen molar-refractivity contribution in [1.82, 2.24) is 20.1 Å². The van der Waals surface area contributed by atoms with Crippen LogP contribution in [0.3, 0.4) is 0 Å². The topological polar surface area (TPSA) is 69.0 Å². The summed E-state index contributed by atoms with van der Waals surface area (Å²) in [7, 11) is 0. The first kappa shape index (κ1) is 16.7. The van der Waals surface area contributed by atoms with Crippen LogP contribution >= 0.6 is 0 Å². The lowest BCUT2D eigenvalue weighted by molar-refractivity contribution is 0.0946. The lowest BCUT2D eigenvalue weighted by atomic mass is 10.2. The number of nitrogens with one attached hydrogen (secondary N) is 1. The van der Waals surface area contributed by atoms with Gasteiger partial charge in [0.25, 0.3) is 5.91 Å². The Hall–Kier alpha value is -3.15. The molecule has 25 heavy (non-hydrogen) atoms. The SMILES string of the molecule is CCOc1nc(C)ccc1C(=O)NCc1ccc(-n2cccn2)cc1. The van der Waals surface area contributed by atoms with Crippen molar-refractivity contribution in [1.29, 1.82) is 0 Å². The lowest BCUT2D eigenvalue weighted by Crippen LogP contribution is -2.24. The van der Waals surface area contributed by atoms with Crippen molar-refractivity contribution >= 4 is 5.91 Å². The number of aromatic nitrogens is 3. The minimum atomic E-state index is -0.202. The number of carbonyl (C=O) groups excluding carboxylic acids is 1. The molecule has 128 valence electrons. The number of rotatable bonds is 6. The summed E-state index contributed by atoms with van der Waals surface area (Å²) >= 11 is 0. The van der Waals surface area contributed by atoms with Crippen LogP contribution in [0, 0.1) is 6.92 Å². The quantitative estimate of drug-likeness (QED) is 0.751. The van der Waals surface area contributed by atoms with Crippen LogP contribution < -0.4 is 10.1 Å². The van der Waals surface area contributed by atoms with Gasteiger partial charge in [0, 0.05) is 24.6 Å². The second-order valence-corrected chi connectivity index (χ2v) is 5.54. The number of aryl methyl sites for hydroxylation is 1. The summed E-state index contributed by atoms with van der Waals surface area (Å²) in [4.78, 5) is 16.7. The molecular formula is C19H20N4O2. The Morgan fingerprint density at radius 1 is 1.20 bits per heavy atom. The van der Waals surface area contributed by atoms with Gasteiger partial charge in [-0.1, -0.05) is 12.1 Å². The highest BCUT2D eigenvalue weighted by Crippen LogP contribution is 2.16. The molecule has 6 heteroatoms. The highest BCUT2D eigenvalue weighted by molar-refractivity contribution is 5.96. The molecule has 2 heterocycles. The van der Waals surface area contributed by atoms with E-state index in [2.05, 4.69) is 15.4 Å². The van der Waals surface area contributed by atoms with Crippen LogP contribution in [0.25, 0.3) is 5.69 Å². The zero-order valence-corrected chi connectivity index (χ0v) is 14.3. The summed E-state index contributed by atoms with van der Waals surface area (Å²) in [5, 5.41) is 7.10. The standard InChI is InChI=1S/C19H20N4O2/c1-3-25-19-17(10-5-14(2)22-19)18(24)20-13-15-6-8-16(9-7-15)23-12-4-11-21-23/h4-12H,3,13H2,1-2H3,(H,20,24). The summed E-state index contributed by atoms with van der Waals surface area (Å²) in [5.41, 5.74) is 3.23. The molecule has 2 aromatic heterocycles. The van der Waals surface area contributed by atoms with Crippen LogP contribution in [0.4, 0.5) is 0 Å². The highest BCUT2D eigenvalue weighted by atomic mass is 16.5. The van der Waals surface area contributed by atoms with Gasteiger partial charge in [0.1, 0.15) is 5.56 Å². The van der Waals surface area contributed by atoms with Crippen molar-refractivity contribution in [2.75, 3.05) is 6.61 Å². The van der Waals surface area contributed by atoms with Crippen LogP contribution in [-0.2, 0) is 6.54 Å². The van der Waals surface area contributed by atoms with E-state index >= 15 is 0 Å². The number of nitrogens with zero attached hydrogens (tertiary/aromatic N) is 3. The highest BCUT2D eigenvalue weighted by Gasteiger charge is 2.14. The van der Waals surface area contributed by atoms with E-state index in [1.165, 1.54) is 0 Å². The van der Waals surface area contributed by atoms with Crippen molar-refractivity contribution < 1.29 is 9.53 Å². The monoisotopic (exact) mass is 336 g/mol. The van der Waals surface area contributed by atoms with E-state index in [-0.39, 0.29) is 5.91 Å². The second-order valence-electron chi connectivity index (χ2n) is 5.54. The fourth-order valence-corrected chi connectivity index (χ4v) is 2.42. The van der Waals surface area contributed by atoms with Crippen molar-refractivity contribution in [2.45, 2.75) is 20.4 Å². The van der Waals surface area contributed by atoms with Crippen LogP contribution in [-0.4, -0.2) is 27.3 Å². The molecule has 0 saturated carbocycles. The van der Waals surface area contributed by atoms with Gasteiger partial charge in [-0.25, -0.2) is 9.67 Å². The molecule has 0 aliphatic rings. The maximum Gasteiger partial charge on any atom is 0.257 e. The predicted octanol–water partition coefficient (Wildman–Crippen LogP) is 2.90. The molecule has 0 unspecified atom stereocenters. The predicted molar refractivity (Wildman–Crippen MR) is 94.9 cm³/mol. The minimum absolute atomic E-state index is 0.202. The maximum absolute atomic E-state index is 12.4. The molecule has 0 aliphatic carbocycles. The average Bonchev–Trinajstić information content (AvgIpc) is 3.15. The van der Waals surface area contributed by atoms with Gasteiger partial charge >= 0.3 is 0 Å². The van der Waals surface area contributed by atoms with Gasteiger partial charge in [-0.05, 0) is 49.7 Å². The number of pyridine rings is 1. The van der Waals surface area contributed by atoms with Gasteiger partial charge in [0.15, 0.2) is 0 Å². The number of benzene rings is 1. The molecule has 0 fully saturated rings. The third-order valence-corrected chi connectivity index (χ3v) is 3.68. The van der Waals surface area contributed by atoms with Crippen molar-refractivity contribution in [3.8, 4) is 11.6 Å². The molecule has 3 aromatic rings. The average molecular weight is 336 g/mol. The van der Waals surface area contributed by atoms with E-state index in [4.69, 9.17) is 4.74 Å². The number of hydrogen-bond donors (Lipinski definition) is 1. The summed E-state index contributed by atoms with van der Waals surface area (Å²) in [6.07, 6.45) is 3.62. The number of carbonyl (C=O) groups is 1. The molecule has 0 bridgehead atoms. The normalized spacial score (nSPS) is 10.5. The molecule has 0 saturated heterocycles. The van der Waals surface area contributed by atoms with Gasteiger partial charge in [0.05, 0.1) is 12.3 Å². The Morgan fingerprint density at radius 3 is 2.68 bits per heavy atom. The molecule has 3 rings (SSSR count). The van der Waals surface area contributed by atoms with E-state index in [1.807, 2.05) is 50.4 Å². The summed E-state index contributed by atoms with van der Waals surface area (Å²) < 4.78 is 7.25. The van der Waals surface area contributed by atoms with E-state index in [0.717, 1.165) is 16.9 Å². The minimum Gasteiger partial charge on any atom is -0.477 e. The largest absolute Gasteiger partial charge is 0.477 e. The molecular weight excluding hydrogens is 316 g/mol. The number of ether oxygens (including phenoxy) is 1. The molecule has 0 spiro atoms. The zero-order valence-electron chi connectivity index (χ0n) is 14.3. The molecule has 6 nitrogen and oxygen atoms in total. The van der Waals surface area contributed by atoms with E-state index < -0.39 is 0 Å². The third kappa shape index (κ3) is 4.03. The van der Waals surface area contributed by atoms with Crippen molar-refractivity contribution in [2.24, 2.45) is 0 Å². The van der Waals surface area contributed by atoms with Crippen molar-refractivity contribution in [3.63, 3.8) is 0 Å². The van der Waals surface area contributed by atoms with Crippen LogP contribution in [0.1, 0.15) is 28.5 Å². The Labute approximate surface area is 146 Å². The van der Waals surface area contributed by atoms with E-state index in [0.29, 0.717) is 24.6 Å². The Bertz CT molecular complexity index is 842. The van der Waals surface area contributed by atoms with Crippen molar-refractivity contribution in [3.05, 3.63) is 71.7 Å². The summed E-state index contributed by atoms with van der Waals surface area (Å²) in [6, 6.07) is 13.3. The van der Waals surface area contributed by atoms with Gasteiger partial charge in [-0.3, -0.25) is 4.79 Å². The van der Waals surface area contributed by atoms with Gasteiger partial charge in [0.2, 0.25) is 5.88 Å². The fourth-order valence-electron chi connectivity index (χ4n) is 2.42. The van der Waals surface area contributed by atoms with Gasteiger partial charge in [-0.15, -0.1) is 0 Å². The molecule has 1 aromatic carbocycles. The van der Waals surface area contributed by atoms with Crippen LogP contribution in [0.2, 0.25) is 0 Å². The first-order chi connectivity index (χ1) is 12.2. The summed E-state index contributed by atoms with van der Waals surface area (Å²) in [6.45, 7) is 4.63. The second kappa shape index (κ2) is 7.61. The van der Waals surface area contributed by atoms with Gasteiger partial charge in [-0.2, -0.15) is 5.10 Å². The Balaban J connectivity index is 1.66. The lowest BCUT2D eigenvalue weighted by Gasteiger charge is -2.11. The fraction of sp³-hybridized carbons (Fsp3) is 0.211. The molecule has 1 amide bonds. The smallest absolute Gasteiger partial charge is 0.257 e. The summed E-state index contributed by atoms with van der Waals surface area (Å²) in [5.74, 6) is 0.168. The van der Waals surface area contributed by atoms with E-state index in [9.17, 15) is 4.79 Å². The first-order valence-electron chi connectivity index (χ1n) is 8.15. The zero-order chi connectivity index (χ0) is 17.6. The molecule has 0 atom stereocenters. The third-order valence-electron chi connectivity index (χ3n) is 3.68. The van der Waals surface area contributed by atoms with E-state index in [1.54, 1.807) is 23.0 Å². The first-order valence-corrected chi connectivity index (χ1v) is 8.15. The van der Waals surface area contributed by atoms with Crippen LogP contribution in [0.5, 0.6) is 5.88 Å². The Kier molecular flexibility index (Phi) is 5.09. The van der Waals surface area contributed by atoms with Gasteiger partial charge < -0.3 is 10.1 Å². The van der Waals surface area contributed by atoms with Crippen LogP contribution in [0.15, 0.2) is 54.9 Å². The Morgan fingerprint density at radius 2 is 2.00 bits per heavy atom. The molecule has 1 N–H and O–H groups in total.